The Morgan fingerprint density at radius 2 is 1.78 bits per heavy atom. The molecular formula is C14H20N2O2. The van der Waals surface area contributed by atoms with E-state index in [1.54, 1.807) is 11.9 Å². The number of carbonyl (C=O) groups is 2. The van der Waals surface area contributed by atoms with Gasteiger partial charge in [0.1, 0.15) is 0 Å². The number of rotatable bonds is 7. The molecule has 0 heterocycles. The van der Waals surface area contributed by atoms with Gasteiger partial charge in [-0.3, -0.25) is 14.5 Å². The molecule has 4 nitrogen and oxygen atoms in total. The molecular weight excluding hydrogens is 228 g/mol. The number of carbonyl (C=O) groups excluding carboxylic acids is 2. The maximum atomic E-state index is 11.9. The van der Waals surface area contributed by atoms with Crippen molar-refractivity contribution in [2.45, 2.75) is 19.8 Å². The van der Waals surface area contributed by atoms with Gasteiger partial charge in [0.15, 0.2) is 5.78 Å². The molecule has 1 amide bonds. The summed E-state index contributed by atoms with van der Waals surface area (Å²) in [5, 5.41) is 0. The third kappa shape index (κ3) is 4.67. The SMILES string of the molecule is CCCc1ccc(C(=O)CN(C)CC(N)=O)cc1. The van der Waals surface area contributed by atoms with Crippen molar-refractivity contribution in [3.8, 4) is 0 Å². The first-order valence-electron chi connectivity index (χ1n) is 6.12. The Labute approximate surface area is 108 Å². The topological polar surface area (TPSA) is 63.4 Å². The van der Waals surface area contributed by atoms with Crippen LogP contribution >= 0.6 is 0 Å². The highest BCUT2D eigenvalue weighted by Crippen LogP contribution is 2.07. The van der Waals surface area contributed by atoms with Crippen LogP contribution in [-0.2, 0) is 11.2 Å². The summed E-state index contributed by atoms with van der Waals surface area (Å²) in [6, 6.07) is 7.63. The summed E-state index contributed by atoms with van der Waals surface area (Å²) in [7, 11) is 1.70. The number of ketones is 1. The second kappa shape index (κ2) is 6.91. The Morgan fingerprint density at radius 1 is 1.17 bits per heavy atom. The number of hydrogen-bond acceptors (Lipinski definition) is 3. The van der Waals surface area contributed by atoms with E-state index >= 15 is 0 Å². The Balaban J connectivity index is 2.58. The van der Waals surface area contributed by atoms with Crippen molar-refractivity contribution in [1.29, 1.82) is 0 Å². The first-order valence-corrected chi connectivity index (χ1v) is 6.12. The average molecular weight is 248 g/mol. The molecule has 98 valence electrons. The molecule has 0 saturated carbocycles. The van der Waals surface area contributed by atoms with Crippen molar-refractivity contribution in [2.24, 2.45) is 5.73 Å². The Hall–Kier alpha value is -1.68. The number of amides is 1. The molecule has 0 aliphatic rings. The maximum absolute atomic E-state index is 11.9. The smallest absolute Gasteiger partial charge is 0.231 e. The zero-order valence-electron chi connectivity index (χ0n) is 11.0. The molecule has 0 fully saturated rings. The number of benzene rings is 1. The Bertz CT molecular complexity index is 412. The van der Waals surface area contributed by atoms with Crippen molar-refractivity contribution >= 4 is 11.7 Å². The van der Waals surface area contributed by atoms with Gasteiger partial charge in [-0.15, -0.1) is 0 Å². The zero-order valence-corrected chi connectivity index (χ0v) is 11.0. The van der Waals surface area contributed by atoms with Crippen molar-refractivity contribution in [3.63, 3.8) is 0 Å². The van der Waals surface area contributed by atoms with Crippen LogP contribution in [-0.4, -0.2) is 36.7 Å². The predicted molar refractivity (Wildman–Crippen MR) is 71.5 cm³/mol. The lowest BCUT2D eigenvalue weighted by Gasteiger charge is -2.13. The van der Waals surface area contributed by atoms with E-state index in [1.165, 1.54) is 5.56 Å². The van der Waals surface area contributed by atoms with E-state index in [9.17, 15) is 9.59 Å². The first-order chi connectivity index (χ1) is 8.52. The largest absolute Gasteiger partial charge is 0.369 e. The monoisotopic (exact) mass is 248 g/mol. The molecule has 0 spiro atoms. The van der Waals surface area contributed by atoms with E-state index in [2.05, 4.69) is 6.92 Å². The van der Waals surface area contributed by atoms with Crippen LogP contribution in [0.25, 0.3) is 0 Å². The van der Waals surface area contributed by atoms with Crippen molar-refractivity contribution < 1.29 is 9.59 Å². The molecule has 1 rings (SSSR count). The van der Waals surface area contributed by atoms with Crippen molar-refractivity contribution in [1.82, 2.24) is 4.90 Å². The van der Waals surface area contributed by atoms with Gasteiger partial charge < -0.3 is 5.73 Å². The lowest BCUT2D eigenvalue weighted by molar-refractivity contribution is -0.118. The Kier molecular flexibility index (Phi) is 5.52. The van der Waals surface area contributed by atoms with Crippen LogP contribution in [0.1, 0.15) is 29.3 Å². The molecule has 0 radical (unpaired) electrons. The Morgan fingerprint density at radius 3 is 2.28 bits per heavy atom. The van der Waals surface area contributed by atoms with Gasteiger partial charge in [-0.2, -0.15) is 0 Å². The predicted octanol–water partition coefficient (Wildman–Crippen LogP) is 1.24. The summed E-state index contributed by atoms with van der Waals surface area (Å²) in [6.45, 7) is 2.42. The number of nitrogens with zero attached hydrogens (tertiary/aromatic N) is 1. The van der Waals surface area contributed by atoms with Gasteiger partial charge in [-0.05, 0) is 19.0 Å². The van der Waals surface area contributed by atoms with Crippen LogP contribution < -0.4 is 5.73 Å². The molecule has 0 aliphatic heterocycles. The number of primary amides is 1. The lowest BCUT2D eigenvalue weighted by atomic mass is 10.1. The minimum atomic E-state index is -0.427. The quantitative estimate of drug-likeness (QED) is 0.738. The van der Waals surface area contributed by atoms with Crippen molar-refractivity contribution in [2.75, 3.05) is 20.1 Å². The molecule has 0 atom stereocenters. The molecule has 0 aromatic heterocycles. The number of Topliss-reactive ketones (excluding diaryl/α,β-unsaturated/α-hetero) is 1. The molecule has 1 aromatic carbocycles. The summed E-state index contributed by atoms with van der Waals surface area (Å²) in [5.41, 5.74) is 6.98. The van der Waals surface area contributed by atoms with Gasteiger partial charge in [0, 0.05) is 5.56 Å². The van der Waals surface area contributed by atoms with Crippen LogP contribution in [0.5, 0.6) is 0 Å². The van der Waals surface area contributed by atoms with E-state index in [1.807, 2.05) is 24.3 Å². The van der Waals surface area contributed by atoms with Gasteiger partial charge in [0.05, 0.1) is 13.1 Å². The highest BCUT2D eigenvalue weighted by Gasteiger charge is 2.10. The van der Waals surface area contributed by atoms with Gasteiger partial charge in [-0.1, -0.05) is 37.6 Å². The van der Waals surface area contributed by atoms with E-state index in [0.29, 0.717) is 5.56 Å². The average Bonchev–Trinajstić information content (AvgIpc) is 2.29. The fourth-order valence-electron chi connectivity index (χ4n) is 1.80. The minimum absolute atomic E-state index is 0.00167. The second-order valence-corrected chi connectivity index (χ2v) is 4.51. The highest BCUT2D eigenvalue weighted by molar-refractivity contribution is 5.97. The summed E-state index contributed by atoms with van der Waals surface area (Å²) >= 11 is 0. The second-order valence-electron chi connectivity index (χ2n) is 4.51. The van der Waals surface area contributed by atoms with Gasteiger partial charge in [0.25, 0.3) is 0 Å². The molecule has 4 heteroatoms. The van der Waals surface area contributed by atoms with Crippen molar-refractivity contribution in [3.05, 3.63) is 35.4 Å². The standard InChI is InChI=1S/C14H20N2O2/c1-3-4-11-5-7-12(8-6-11)13(17)9-16(2)10-14(15)18/h5-8H,3-4,9-10H2,1-2H3,(H2,15,18). The van der Waals surface area contributed by atoms with Gasteiger partial charge in [-0.25, -0.2) is 0 Å². The summed E-state index contributed by atoms with van der Waals surface area (Å²) < 4.78 is 0. The number of nitrogens with two attached hydrogens (primary N) is 1. The van der Waals surface area contributed by atoms with Crippen LogP contribution in [0.3, 0.4) is 0 Å². The highest BCUT2D eigenvalue weighted by atomic mass is 16.1. The number of likely N-dealkylation sites (N-methyl/N-ethyl adjacent to an activating group) is 1. The van der Waals surface area contributed by atoms with E-state index < -0.39 is 5.91 Å². The maximum Gasteiger partial charge on any atom is 0.231 e. The first kappa shape index (κ1) is 14.4. The number of hydrogen-bond donors (Lipinski definition) is 1. The molecule has 2 N–H and O–H groups in total. The number of aryl methyl sites for hydroxylation is 1. The lowest BCUT2D eigenvalue weighted by Crippen LogP contribution is -2.34. The minimum Gasteiger partial charge on any atom is -0.369 e. The third-order valence-electron chi connectivity index (χ3n) is 2.65. The van der Waals surface area contributed by atoms with Gasteiger partial charge >= 0.3 is 0 Å². The van der Waals surface area contributed by atoms with Crippen LogP contribution in [0.15, 0.2) is 24.3 Å². The molecule has 0 unspecified atom stereocenters. The molecule has 0 aliphatic carbocycles. The van der Waals surface area contributed by atoms with Crippen LogP contribution in [0.4, 0.5) is 0 Å². The summed E-state index contributed by atoms with van der Waals surface area (Å²) in [4.78, 5) is 24.2. The normalized spacial score (nSPS) is 10.6. The fourth-order valence-corrected chi connectivity index (χ4v) is 1.80. The van der Waals surface area contributed by atoms with E-state index in [0.717, 1.165) is 12.8 Å². The van der Waals surface area contributed by atoms with Gasteiger partial charge in [0.2, 0.25) is 5.91 Å². The molecule has 1 aromatic rings. The van der Waals surface area contributed by atoms with Crippen LogP contribution in [0, 0.1) is 0 Å². The fraction of sp³-hybridized carbons (Fsp3) is 0.429. The summed E-state index contributed by atoms with van der Waals surface area (Å²) in [5.74, 6) is -0.426. The molecule has 0 saturated heterocycles. The van der Waals surface area contributed by atoms with E-state index in [4.69, 9.17) is 5.73 Å². The summed E-state index contributed by atoms with van der Waals surface area (Å²) in [6.07, 6.45) is 2.12. The van der Waals surface area contributed by atoms with E-state index in [-0.39, 0.29) is 18.9 Å². The zero-order chi connectivity index (χ0) is 13.5. The third-order valence-corrected chi connectivity index (χ3v) is 2.65. The molecule has 18 heavy (non-hydrogen) atoms. The van der Waals surface area contributed by atoms with Crippen LogP contribution in [0.2, 0.25) is 0 Å². The molecule has 0 bridgehead atoms.